The SMILES string of the molecule is C=C1NC(=O)N[C@@H](c2ccc(-c3ccc(F)cc3)o2)[C@@H]1C(=O)c1ccccc1. The molecular formula is C22H17FN2O3. The van der Waals surface area contributed by atoms with Crippen LogP contribution in [0.4, 0.5) is 9.18 Å². The highest BCUT2D eigenvalue weighted by Gasteiger charge is 2.39. The van der Waals surface area contributed by atoms with Gasteiger partial charge in [0.2, 0.25) is 0 Å². The zero-order chi connectivity index (χ0) is 19.7. The van der Waals surface area contributed by atoms with Crippen molar-refractivity contribution in [3.8, 4) is 11.3 Å². The predicted octanol–water partition coefficient (Wildman–Crippen LogP) is 4.45. The first-order chi connectivity index (χ1) is 13.5. The number of furan rings is 1. The average Bonchev–Trinajstić information content (AvgIpc) is 3.18. The highest BCUT2D eigenvalue weighted by atomic mass is 19.1. The molecule has 0 aliphatic carbocycles. The molecule has 0 bridgehead atoms. The van der Waals surface area contributed by atoms with Gasteiger partial charge in [0, 0.05) is 16.8 Å². The van der Waals surface area contributed by atoms with Crippen molar-refractivity contribution in [3.63, 3.8) is 0 Å². The Morgan fingerprint density at radius 3 is 2.43 bits per heavy atom. The topological polar surface area (TPSA) is 71.3 Å². The van der Waals surface area contributed by atoms with Crippen LogP contribution in [0.25, 0.3) is 11.3 Å². The fourth-order valence-corrected chi connectivity index (χ4v) is 3.30. The third-order valence-corrected chi connectivity index (χ3v) is 4.67. The molecule has 4 rings (SSSR count). The van der Waals surface area contributed by atoms with Crippen molar-refractivity contribution < 1.29 is 18.4 Å². The lowest BCUT2D eigenvalue weighted by Crippen LogP contribution is -2.50. The number of halogens is 1. The van der Waals surface area contributed by atoms with E-state index in [4.69, 9.17) is 4.42 Å². The Morgan fingerprint density at radius 2 is 1.71 bits per heavy atom. The monoisotopic (exact) mass is 376 g/mol. The quantitative estimate of drug-likeness (QED) is 0.661. The normalized spacial score (nSPS) is 19.0. The first kappa shape index (κ1) is 17.7. The second-order valence-electron chi connectivity index (χ2n) is 6.52. The Balaban J connectivity index is 1.69. The van der Waals surface area contributed by atoms with Gasteiger partial charge in [0.15, 0.2) is 5.78 Å². The van der Waals surface area contributed by atoms with Crippen LogP contribution >= 0.6 is 0 Å². The van der Waals surface area contributed by atoms with E-state index < -0.39 is 18.0 Å². The summed E-state index contributed by atoms with van der Waals surface area (Å²) in [6, 6.07) is 17.0. The van der Waals surface area contributed by atoms with Gasteiger partial charge in [-0.05, 0) is 36.4 Å². The minimum absolute atomic E-state index is 0.178. The van der Waals surface area contributed by atoms with E-state index in [1.54, 1.807) is 48.5 Å². The van der Waals surface area contributed by atoms with E-state index in [1.165, 1.54) is 12.1 Å². The van der Waals surface area contributed by atoms with Crippen molar-refractivity contribution in [2.24, 2.45) is 5.92 Å². The summed E-state index contributed by atoms with van der Waals surface area (Å²) < 4.78 is 19.1. The van der Waals surface area contributed by atoms with Gasteiger partial charge in [0.1, 0.15) is 23.4 Å². The standard InChI is InChI=1S/C22H17FN2O3/c1-13-19(21(26)15-5-3-2-4-6-15)20(25-22(27)24-13)18-12-11-17(28-18)14-7-9-16(23)10-8-14/h2-12,19-20H,1H2,(H2,24,25,27)/t19-,20+/m1/s1. The number of hydrogen-bond donors (Lipinski definition) is 2. The van der Waals surface area contributed by atoms with E-state index in [9.17, 15) is 14.0 Å². The molecule has 6 heteroatoms. The highest BCUT2D eigenvalue weighted by Crippen LogP contribution is 2.35. The summed E-state index contributed by atoms with van der Waals surface area (Å²) in [5, 5.41) is 5.33. The maximum atomic E-state index is 13.2. The molecule has 2 aromatic carbocycles. The van der Waals surface area contributed by atoms with Gasteiger partial charge in [-0.3, -0.25) is 4.79 Å². The number of hydrogen-bond acceptors (Lipinski definition) is 3. The molecule has 3 aromatic rings. The van der Waals surface area contributed by atoms with Gasteiger partial charge in [-0.2, -0.15) is 0 Å². The van der Waals surface area contributed by atoms with Gasteiger partial charge in [-0.25, -0.2) is 9.18 Å². The van der Waals surface area contributed by atoms with Crippen LogP contribution in [0.3, 0.4) is 0 Å². The minimum atomic E-state index is -0.729. The van der Waals surface area contributed by atoms with E-state index in [-0.39, 0.29) is 11.6 Å². The molecular weight excluding hydrogens is 359 g/mol. The van der Waals surface area contributed by atoms with E-state index in [0.717, 1.165) is 0 Å². The Kier molecular flexibility index (Phi) is 4.53. The van der Waals surface area contributed by atoms with Crippen molar-refractivity contribution in [2.75, 3.05) is 0 Å². The maximum absolute atomic E-state index is 13.2. The number of Topliss-reactive ketones (excluding diaryl/α,β-unsaturated/α-hetero) is 1. The number of amides is 2. The molecule has 1 aliphatic rings. The van der Waals surface area contributed by atoms with Crippen LogP contribution in [0.5, 0.6) is 0 Å². The minimum Gasteiger partial charge on any atom is -0.459 e. The van der Waals surface area contributed by atoms with Crippen LogP contribution in [-0.2, 0) is 0 Å². The van der Waals surface area contributed by atoms with Crippen molar-refractivity contribution in [3.05, 3.63) is 96.1 Å². The predicted molar refractivity (Wildman–Crippen MR) is 102 cm³/mol. The van der Waals surface area contributed by atoms with Crippen LogP contribution in [0.15, 0.2) is 83.4 Å². The fraction of sp³-hybridized carbons (Fsp3) is 0.0909. The Bertz CT molecular complexity index is 1040. The lowest BCUT2D eigenvalue weighted by Gasteiger charge is -2.32. The number of nitrogens with one attached hydrogen (secondary N) is 2. The Hall–Kier alpha value is -3.67. The molecule has 0 saturated carbocycles. The third kappa shape index (κ3) is 3.32. The molecule has 1 saturated heterocycles. The summed E-state index contributed by atoms with van der Waals surface area (Å²) >= 11 is 0. The molecule has 1 aliphatic heterocycles. The molecule has 2 N–H and O–H groups in total. The van der Waals surface area contributed by atoms with E-state index >= 15 is 0 Å². The van der Waals surface area contributed by atoms with Crippen molar-refractivity contribution in [1.29, 1.82) is 0 Å². The summed E-state index contributed by atoms with van der Waals surface area (Å²) in [5.74, 6) is -0.315. The molecule has 1 fully saturated rings. The van der Waals surface area contributed by atoms with Crippen LogP contribution in [-0.4, -0.2) is 11.8 Å². The van der Waals surface area contributed by atoms with Crippen molar-refractivity contribution >= 4 is 11.8 Å². The van der Waals surface area contributed by atoms with Crippen molar-refractivity contribution in [1.82, 2.24) is 10.6 Å². The fourth-order valence-electron chi connectivity index (χ4n) is 3.30. The molecule has 0 radical (unpaired) electrons. The number of rotatable bonds is 4. The molecule has 5 nitrogen and oxygen atoms in total. The zero-order valence-electron chi connectivity index (χ0n) is 14.8. The largest absolute Gasteiger partial charge is 0.459 e. The summed E-state index contributed by atoms with van der Waals surface area (Å²) in [7, 11) is 0. The molecule has 28 heavy (non-hydrogen) atoms. The number of urea groups is 1. The van der Waals surface area contributed by atoms with Crippen LogP contribution in [0.1, 0.15) is 22.2 Å². The molecule has 140 valence electrons. The highest BCUT2D eigenvalue weighted by molar-refractivity contribution is 6.01. The van der Waals surface area contributed by atoms with Gasteiger partial charge in [-0.15, -0.1) is 0 Å². The number of carbonyl (C=O) groups excluding carboxylic acids is 2. The molecule has 0 spiro atoms. The van der Waals surface area contributed by atoms with E-state index in [0.29, 0.717) is 28.3 Å². The van der Waals surface area contributed by atoms with Crippen molar-refractivity contribution in [2.45, 2.75) is 6.04 Å². The first-order valence-electron chi connectivity index (χ1n) is 8.74. The lowest BCUT2D eigenvalue weighted by atomic mass is 9.85. The lowest BCUT2D eigenvalue weighted by molar-refractivity contribution is 0.0897. The smallest absolute Gasteiger partial charge is 0.319 e. The number of carbonyl (C=O) groups is 2. The molecule has 2 atom stereocenters. The molecule has 1 aromatic heterocycles. The number of ketones is 1. The number of benzene rings is 2. The van der Waals surface area contributed by atoms with Gasteiger partial charge >= 0.3 is 6.03 Å². The summed E-state index contributed by atoms with van der Waals surface area (Å²) in [6.07, 6.45) is 0. The van der Waals surface area contributed by atoms with Gasteiger partial charge in [-0.1, -0.05) is 36.9 Å². The zero-order valence-corrected chi connectivity index (χ0v) is 14.8. The molecule has 0 unspecified atom stereocenters. The Morgan fingerprint density at radius 1 is 1.00 bits per heavy atom. The van der Waals surface area contributed by atoms with Crippen LogP contribution < -0.4 is 10.6 Å². The molecule has 2 amide bonds. The van der Waals surface area contributed by atoms with Gasteiger partial charge < -0.3 is 15.1 Å². The summed E-state index contributed by atoms with van der Waals surface area (Å²) in [5.41, 5.74) is 1.52. The average molecular weight is 376 g/mol. The summed E-state index contributed by atoms with van der Waals surface area (Å²) in [6.45, 7) is 3.87. The third-order valence-electron chi connectivity index (χ3n) is 4.67. The molecule has 2 heterocycles. The first-order valence-corrected chi connectivity index (χ1v) is 8.74. The van der Waals surface area contributed by atoms with Gasteiger partial charge in [0.05, 0.1) is 5.92 Å². The Labute approximate surface area is 160 Å². The van der Waals surface area contributed by atoms with Crippen LogP contribution in [0, 0.1) is 11.7 Å². The van der Waals surface area contributed by atoms with E-state index in [2.05, 4.69) is 17.2 Å². The van der Waals surface area contributed by atoms with Crippen LogP contribution in [0.2, 0.25) is 0 Å². The summed E-state index contributed by atoms with van der Waals surface area (Å²) in [4.78, 5) is 25.1. The van der Waals surface area contributed by atoms with Gasteiger partial charge in [0.25, 0.3) is 0 Å². The second kappa shape index (κ2) is 7.15. The maximum Gasteiger partial charge on any atom is 0.319 e. The second-order valence-corrected chi connectivity index (χ2v) is 6.52. The van der Waals surface area contributed by atoms with E-state index in [1.807, 2.05) is 6.07 Å².